The monoisotopic (exact) mass is 246 g/mol. The van der Waals surface area contributed by atoms with Gasteiger partial charge in [0.2, 0.25) is 0 Å². The summed E-state index contributed by atoms with van der Waals surface area (Å²) in [6.07, 6.45) is 0. The van der Waals surface area contributed by atoms with E-state index in [-0.39, 0.29) is 34.5 Å². The minimum absolute atomic E-state index is 0. The van der Waals surface area contributed by atoms with E-state index in [2.05, 4.69) is 17.0 Å². The molecule has 0 fully saturated rings. The van der Waals surface area contributed by atoms with E-state index in [1.807, 2.05) is 6.92 Å². The second kappa shape index (κ2) is 7.64. The molecule has 0 saturated heterocycles. The maximum absolute atomic E-state index is 10.5. The first-order valence-corrected chi connectivity index (χ1v) is 5.14. The van der Waals surface area contributed by atoms with Crippen LogP contribution in [-0.2, 0) is 10.1 Å². The van der Waals surface area contributed by atoms with Gasteiger partial charge in [0.1, 0.15) is 0 Å². The van der Waals surface area contributed by atoms with Crippen LogP contribution in [0, 0.1) is 6.92 Å². The third-order valence-electron chi connectivity index (χ3n) is 1.32. The van der Waals surface area contributed by atoms with E-state index in [9.17, 15) is 8.42 Å². The van der Waals surface area contributed by atoms with Crippen molar-refractivity contribution in [2.45, 2.75) is 11.8 Å². The zero-order valence-electron chi connectivity index (χ0n) is 7.94. The minimum atomic E-state index is -4.02. The summed E-state index contributed by atoms with van der Waals surface area (Å²) in [5, 5.41) is 3.97. The van der Waals surface area contributed by atoms with Crippen molar-refractivity contribution in [2.24, 2.45) is 5.25 Å². The smallest absolute Gasteiger partial charge is 0.282 e. The van der Waals surface area contributed by atoms with E-state index in [1.165, 1.54) is 12.1 Å². The van der Waals surface area contributed by atoms with E-state index in [1.54, 1.807) is 12.1 Å². The standard InChI is InChI=1S/C7H8O3S.ClH2N.Na/c1-6-2-4-7(5-3-6)11(8,9)10;1-2;/h2-5H,1H3,(H,8,9,10);2H2;. The number of benzene rings is 1. The molecule has 4 nitrogen and oxygen atoms in total. The molecular formula is C7H10ClNNaO3S. The number of rotatable bonds is 1. The maximum Gasteiger partial charge on any atom is 0.294 e. The number of hydrogen-bond acceptors (Lipinski definition) is 3. The number of hydrogen-bond donors (Lipinski definition) is 2. The summed E-state index contributed by atoms with van der Waals surface area (Å²) >= 11 is 4.14. The van der Waals surface area contributed by atoms with Crippen molar-refractivity contribution in [3.05, 3.63) is 29.8 Å². The molecule has 0 aromatic heterocycles. The molecule has 1 aromatic rings. The molecule has 14 heavy (non-hydrogen) atoms. The first-order chi connectivity index (χ1) is 6.00. The fourth-order valence-corrected chi connectivity index (χ4v) is 1.19. The van der Waals surface area contributed by atoms with Crippen LogP contribution in [0.15, 0.2) is 29.2 Å². The van der Waals surface area contributed by atoms with Crippen LogP contribution in [-0.4, -0.2) is 42.5 Å². The predicted molar refractivity (Wildman–Crippen MR) is 56.8 cm³/mol. The van der Waals surface area contributed by atoms with E-state index >= 15 is 0 Å². The molecule has 0 atom stereocenters. The van der Waals surface area contributed by atoms with E-state index in [0.29, 0.717) is 0 Å². The molecule has 7 heteroatoms. The molecule has 3 N–H and O–H groups in total. The average molecular weight is 247 g/mol. The van der Waals surface area contributed by atoms with Crippen LogP contribution in [0.1, 0.15) is 5.56 Å². The SMILES string of the molecule is Cc1ccc(S(=O)(=O)O)cc1.NCl.[Na]. The van der Waals surface area contributed by atoms with Crippen molar-refractivity contribution in [1.82, 2.24) is 0 Å². The molecule has 1 radical (unpaired) electrons. The van der Waals surface area contributed by atoms with Gasteiger partial charge in [-0.1, -0.05) is 17.7 Å². The summed E-state index contributed by atoms with van der Waals surface area (Å²) in [6, 6.07) is 5.99. The van der Waals surface area contributed by atoms with Crippen molar-refractivity contribution in [1.29, 1.82) is 0 Å². The predicted octanol–water partition coefficient (Wildman–Crippen LogP) is 0.960. The largest absolute Gasteiger partial charge is 0.294 e. The van der Waals surface area contributed by atoms with Gasteiger partial charge in [0.15, 0.2) is 0 Å². The van der Waals surface area contributed by atoms with Gasteiger partial charge in [0.05, 0.1) is 4.90 Å². The summed E-state index contributed by atoms with van der Waals surface area (Å²) in [5.41, 5.74) is 0.956. The number of aryl methyl sites for hydroxylation is 1. The van der Waals surface area contributed by atoms with E-state index < -0.39 is 10.1 Å². The summed E-state index contributed by atoms with van der Waals surface area (Å²) in [6.45, 7) is 1.84. The Morgan fingerprint density at radius 3 is 1.86 bits per heavy atom. The van der Waals surface area contributed by atoms with E-state index in [0.717, 1.165) is 5.56 Å². The zero-order chi connectivity index (χ0) is 10.5. The second-order valence-corrected chi connectivity index (χ2v) is 3.71. The summed E-state index contributed by atoms with van der Waals surface area (Å²) in [7, 11) is -4.02. The third-order valence-corrected chi connectivity index (χ3v) is 2.19. The van der Waals surface area contributed by atoms with E-state index in [4.69, 9.17) is 4.55 Å². The molecule has 0 bridgehead atoms. The Morgan fingerprint density at radius 1 is 1.21 bits per heavy atom. The summed E-state index contributed by atoms with van der Waals surface area (Å²) in [4.78, 5) is -0.0666. The molecule has 0 spiro atoms. The van der Waals surface area contributed by atoms with Gasteiger partial charge >= 0.3 is 0 Å². The molecule has 0 heterocycles. The molecule has 0 aliphatic heterocycles. The molecule has 0 saturated carbocycles. The molecule has 0 aliphatic carbocycles. The van der Waals surface area contributed by atoms with Crippen molar-refractivity contribution < 1.29 is 13.0 Å². The first-order valence-electron chi connectivity index (χ1n) is 3.26. The van der Waals surface area contributed by atoms with Gasteiger partial charge in [0, 0.05) is 29.6 Å². The molecule has 1 rings (SSSR count). The van der Waals surface area contributed by atoms with Gasteiger partial charge in [-0.3, -0.25) is 4.55 Å². The van der Waals surface area contributed by atoms with Crippen molar-refractivity contribution in [2.75, 3.05) is 0 Å². The van der Waals surface area contributed by atoms with Crippen molar-refractivity contribution in [3.63, 3.8) is 0 Å². The van der Waals surface area contributed by atoms with Gasteiger partial charge in [-0.2, -0.15) is 8.42 Å². The maximum atomic E-state index is 10.5. The fourth-order valence-electron chi connectivity index (χ4n) is 0.710. The third kappa shape index (κ3) is 5.98. The van der Waals surface area contributed by atoms with Crippen LogP contribution < -0.4 is 5.25 Å². The topological polar surface area (TPSA) is 80.4 Å². The summed E-state index contributed by atoms with van der Waals surface area (Å²) < 4.78 is 29.6. The molecule has 0 aliphatic rings. The number of nitrogens with two attached hydrogens (primary N) is 1. The van der Waals surface area contributed by atoms with Crippen LogP contribution >= 0.6 is 11.8 Å². The van der Waals surface area contributed by atoms with Crippen LogP contribution in [0.2, 0.25) is 0 Å². The summed E-state index contributed by atoms with van der Waals surface area (Å²) in [5.74, 6) is 0. The fraction of sp³-hybridized carbons (Fsp3) is 0.143. The Hall–Kier alpha value is 0.380. The van der Waals surface area contributed by atoms with Crippen molar-refractivity contribution >= 4 is 51.5 Å². The number of halogens is 1. The Morgan fingerprint density at radius 2 is 1.57 bits per heavy atom. The zero-order valence-corrected chi connectivity index (χ0v) is 11.5. The molecule has 75 valence electrons. The average Bonchev–Trinajstić information content (AvgIpc) is 2.07. The van der Waals surface area contributed by atoms with Gasteiger partial charge in [-0.05, 0) is 30.8 Å². The van der Waals surface area contributed by atoms with Crippen molar-refractivity contribution in [3.8, 4) is 0 Å². The van der Waals surface area contributed by atoms with Crippen LogP contribution in [0.25, 0.3) is 0 Å². The molecule has 0 unspecified atom stereocenters. The minimum Gasteiger partial charge on any atom is -0.282 e. The van der Waals surface area contributed by atoms with Gasteiger partial charge in [-0.25, -0.2) is 5.25 Å². The van der Waals surface area contributed by atoms with Gasteiger partial charge in [0.25, 0.3) is 10.1 Å². The second-order valence-electron chi connectivity index (χ2n) is 2.29. The normalized spacial score (nSPS) is 9.43. The molecule has 1 aromatic carbocycles. The quantitative estimate of drug-likeness (QED) is 0.439. The van der Waals surface area contributed by atoms with Crippen LogP contribution in [0.4, 0.5) is 0 Å². The Bertz CT molecular complexity index is 352. The molecule has 0 amide bonds. The van der Waals surface area contributed by atoms with Crippen LogP contribution in [0.5, 0.6) is 0 Å². The van der Waals surface area contributed by atoms with Gasteiger partial charge < -0.3 is 0 Å². The Labute approximate surface area is 111 Å². The van der Waals surface area contributed by atoms with Gasteiger partial charge in [-0.15, -0.1) is 0 Å². The van der Waals surface area contributed by atoms with Crippen LogP contribution in [0.3, 0.4) is 0 Å². The Balaban J connectivity index is 0. The Kier molecular flexibility index (Phi) is 9.17. The molecular weight excluding hydrogens is 237 g/mol. The first kappa shape index (κ1) is 16.8.